The maximum absolute atomic E-state index is 14.7. The Hall–Kier alpha value is -2.36. The van der Waals surface area contributed by atoms with E-state index < -0.39 is 34.3 Å². The first-order valence-corrected chi connectivity index (χ1v) is 11.6. The van der Waals surface area contributed by atoms with Crippen LogP contribution in [0.25, 0.3) is 0 Å². The third-order valence-electron chi connectivity index (χ3n) is 5.97. The Morgan fingerprint density at radius 2 is 1.88 bits per heavy atom. The fraction of sp³-hybridized carbons (Fsp3) is 0.417. The van der Waals surface area contributed by atoms with Crippen LogP contribution in [0.15, 0.2) is 41.5 Å². The van der Waals surface area contributed by atoms with Crippen LogP contribution in [-0.4, -0.2) is 35.7 Å². The summed E-state index contributed by atoms with van der Waals surface area (Å²) in [5, 5.41) is 5.88. The molecule has 3 rings (SSSR count). The van der Waals surface area contributed by atoms with Crippen molar-refractivity contribution in [3.8, 4) is 0 Å². The SMILES string of the molecule is CC[C@@H](CCN)[C@@]1(c2cc(F)ccc2C)SC(c2cc(F)ccc2F)=NN1C(=O)[C@H](C)OC. The predicted molar refractivity (Wildman–Crippen MR) is 124 cm³/mol. The average molecular weight is 480 g/mol. The molecule has 0 saturated carbocycles. The smallest absolute Gasteiger partial charge is 0.273 e. The van der Waals surface area contributed by atoms with E-state index in [1.54, 1.807) is 13.0 Å². The number of thioether (sulfide) groups is 1. The van der Waals surface area contributed by atoms with E-state index in [0.717, 1.165) is 35.5 Å². The van der Waals surface area contributed by atoms with Crippen molar-refractivity contribution < 1.29 is 22.7 Å². The highest BCUT2D eigenvalue weighted by atomic mass is 32.2. The van der Waals surface area contributed by atoms with Gasteiger partial charge in [0.15, 0.2) is 0 Å². The molecule has 2 N–H and O–H groups in total. The van der Waals surface area contributed by atoms with Crippen LogP contribution in [0.1, 0.15) is 43.4 Å². The second-order valence-electron chi connectivity index (χ2n) is 8.00. The van der Waals surface area contributed by atoms with Crippen LogP contribution in [0.4, 0.5) is 13.2 Å². The van der Waals surface area contributed by atoms with Crippen molar-refractivity contribution >= 4 is 22.7 Å². The number of amides is 1. The highest BCUT2D eigenvalue weighted by Gasteiger charge is 2.54. The van der Waals surface area contributed by atoms with Crippen molar-refractivity contribution in [3.05, 3.63) is 70.5 Å². The molecule has 1 aliphatic rings. The van der Waals surface area contributed by atoms with Gasteiger partial charge in [-0.2, -0.15) is 5.10 Å². The molecule has 1 amide bonds. The lowest BCUT2D eigenvalue weighted by atomic mass is 9.84. The number of benzene rings is 2. The molecular weight excluding hydrogens is 451 g/mol. The molecular formula is C24H28F3N3O2S. The molecule has 0 bridgehead atoms. The lowest BCUT2D eigenvalue weighted by Gasteiger charge is -2.43. The van der Waals surface area contributed by atoms with Gasteiger partial charge < -0.3 is 10.5 Å². The van der Waals surface area contributed by atoms with E-state index in [1.165, 1.54) is 24.3 Å². The Balaban J connectivity index is 2.32. The largest absolute Gasteiger partial charge is 0.372 e. The van der Waals surface area contributed by atoms with Gasteiger partial charge >= 0.3 is 0 Å². The molecule has 0 aliphatic carbocycles. The Morgan fingerprint density at radius 1 is 1.21 bits per heavy atom. The number of nitrogens with two attached hydrogens (primary N) is 1. The number of rotatable bonds is 8. The lowest BCUT2D eigenvalue weighted by Crippen LogP contribution is -2.50. The molecule has 2 aromatic carbocycles. The number of carbonyl (C=O) groups is 1. The first-order valence-electron chi connectivity index (χ1n) is 10.8. The van der Waals surface area contributed by atoms with E-state index in [2.05, 4.69) is 5.10 Å². The van der Waals surface area contributed by atoms with Crippen molar-refractivity contribution in [2.75, 3.05) is 13.7 Å². The van der Waals surface area contributed by atoms with Crippen molar-refractivity contribution in [3.63, 3.8) is 0 Å². The first kappa shape index (κ1) is 25.3. The fourth-order valence-corrected chi connectivity index (χ4v) is 5.82. The summed E-state index contributed by atoms with van der Waals surface area (Å²) in [4.78, 5) is 12.3. The van der Waals surface area contributed by atoms with Crippen molar-refractivity contribution in [1.29, 1.82) is 0 Å². The Kier molecular flexibility index (Phi) is 7.87. The minimum absolute atomic E-state index is 0.0681. The number of aryl methyl sites for hydroxylation is 1. The normalized spacial score (nSPS) is 20.0. The number of hydrogen-bond acceptors (Lipinski definition) is 5. The van der Waals surface area contributed by atoms with E-state index in [9.17, 15) is 18.0 Å². The quantitative estimate of drug-likeness (QED) is 0.584. The molecule has 0 saturated heterocycles. The van der Waals surface area contributed by atoms with Crippen LogP contribution in [0.2, 0.25) is 0 Å². The van der Waals surface area contributed by atoms with E-state index in [4.69, 9.17) is 10.5 Å². The van der Waals surface area contributed by atoms with Gasteiger partial charge in [0.1, 0.15) is 33.5 Å². The molecule has 178 valence electrons. The Morgan fingerprint density at radius 3 is 2.52 bits per heavy atom. The van der Waals surface area contributed by atoms with Gasteiger partial charge in [0.25, 0.3) is 5.91 Å². The number of ether oxygens (including phenoxy) is 1. The van der Waals surface area contributed by atoms with Crippen LogP contribution >= 0.6 is 11.8 Å². The van der Waals surface area contributed by atoms with Gasteiger partial charge in [-0.15, -0.1) is 0 Å². The second-order valence-corrected chi connectivity index (χ2v) is 9.21. The molecule has 33 heavy (non-hydrogen) atoms. The lowest BCUT2D eigenvalue weighted by molar-refractivity contribution is -0.146. The summed E-state index contributed by atoms with van der Waals surface area (Å²) < 4.78 is 48.5. The summed E-state index contributed by atoms with van der Waals surface area (Å²) >= 11 is 1.12. The number of methoxy groups -OCH3 is 1. The van der Waals surface area contributed by atoms with Crippen LogP contribution in [-0.2, 0) is 14.4 Å². The first-order chi connectivity index (χ1) is 15.7. The summed E-state index contributed by atoms with van der Waals surface area (Å²) in [6.45, 7) is 5.66. The van der Waals surface area contributed by atoms with Gasteiger partial charge in [-0.1, -0.05) is 24.8 Å². The van der Waals surface area contributed by atoms with E-state index in [0.29, 0.717) is 24.9 Å². The van der Waals surface area contributed by atoms with Gasteiger partial charge in [0.2, 0.25) is 0 Å². The number of carbonyl (C=O) groups excluding carboxylic acids is 1. The summed E-state index contributed by atoms with van der Waals surface area (Å²) in [5.41, 5.74) is 7.11. The fourth-order valence-electron chi connectivity index (χ4n) is 4.14. The maximum Gasteiger partial charge on any atom is 0.273 e. The number of halogens is 3. The van der Waals surface area contributed by atoms with Gasteiger partial charge in [-0.25, -0.2) is 18.2 Å². The molecule has 2 aromatic rings. The molecule has 1 aliphatic heterocycles. The highest BCUT2D eigenvalue weighted by Crippen LogP contribution is 2.55. The number of hydrogen-bond donors (Lipinski definition) is 1. The second kappa shape index (κ2) is 10.3. The minimum atomic E-state index is -1.22. The summed E-state index contributed by atoms with van der Waals surface area (Å²) in [5.74, 6) is -2.52. The molecule has 9 heteroatoms. The van der Waals surface area contributed by atoms with Crippen molar-refractivity contribution in [2.24, 2.45) is 16.8 Å². The molecule has 5 nitrogen and oxygen atoms in total. The average Bonchev–Trinajstić information content (AvgIpc) is 3.20. The van der Waals surface area contributed by atoms with Crippen LogP contribution in [0.5, 0.6) is 0 Å². The molecule has 0 aromatic heterocycles. The monoisotopic (exact) mass is 479 g/mol. The zero-order chi connectivity index (χ0) is 24.3. The summed E-state index contributed by atoms with van der Waals surface area (Å²) in [6, 6.07) is 7.42. The third kappa shape index (κ3) is 4.67. The summed E-state index contributed by atoms with van der Waals surface area (Å²) in [7, 11) is 1.40. The Bertz CT molecular complexity index is 1070. The maximum atomic E-state index is 14.7. The Labute approximate surface area is 196 Å². The molecule has 1 heterocycles. The highest BCUT2D eigenvalue weighted by molar-refractivity contribution is 8.15. The minimum Gasteiger partial charge on any atom is -0.372 e. The topological polar surface area (TPSA) is 67.9 Å². The number of hydrazone groups is 1. The van der Waals surface area contributed by atoms with E-state index >= 15 is 0 Å². The van der Waals surface area contributed by atoms with Gasteiger partial charge in [-0.3, -0.25) is 4.79 Å². The van der Waals surface area contributed by atoms with E-state index in [-0.39, 0.29) is 16.5 Å². The van der Waals surface area contributed by atoms with Gasteiger partial charge in [0.05, 0.1) is 0 Å². The number of nitrogens with zero attached hydrogens (tertiary/aromatic N) is 2. The molecule has 0 spiro atoms. The standard InChI is InChI=1S/C24H28F3N3O2S/c1-5-16(10-11-28)24(20-13-18(26)7-6-14(20)2)30(23(31)15(3)32-4)29-22(33-24)19-12-17(25)8-9-21(19)27/h6-9,12-13,15-16H,5,10-11,28H2,1-4H3/t15-,16-,24-/m0/s1. The summed E-state index contributed by atoms with van der Waals surface area (Å²) in [6.07, 6.45) is 0.216. The molecule has 3 atom stereocenters. The van der Waals surface area contributed by atoms with Crippen molar-refractivity contribution in [1.82, 2.24) is 5.01 Å². The zero-order valence-corrected chi connectivity index (χ0v) is 19.9. The van der Waals surface area contributed by atoms with Gasteiger partial charge in [-0.05, 0) is 80.6 Å². The third-order valence-corrected chi connectivity index (χ3v) is 7.51. The zero-order valence-electron chi connectivity index (χ0n) is 19.1. The molecule has 0 radical (unpaired) electrons. The van der Waals surface area contributed by atoms with Crippen LogP contribution in [0.3, 0.4) is 0 Å². The van der Waals surface area contributed by atoms with E-state index in [1.807, 2.05) is 13.8 Å². The van der Waals surface area contributed by atoms with Crippen LogP contribution < -0.4 is 5.73 Å². The van der Waals surface area contributed by atoms with Crippen LogP contribution in [0, 0.1) is 30.3 Å². The van der Waals surface area contributed by atoms with Crippen molar-refractivity contribution in [2.45, 2.75) is 44.6 Å². The molecule has 0 fully saturated rings. The molecule has 0 unspecified atom stereocenters. The van der Waals surface area contributed by atoms with Gasteiger partial charge in [0, 0.05) is 12.7 Å². The predicted octanol–water partition coefficient (Wildman–Crippen LogP) is 4.91.